The van der Waals surface area contributed by atoms with Gasteiger partial charge in [0.05, 0.1) is 0 Å². The van der Waals surface area contributed by atoms with E-state index in [2.05, 4.69) is 9.62 Å². The molecule has 0 spiro atoms. The van der Waals surface area contributed by atoms with Gasteiger partial charge >= 0.3 is 0 Å². The molecule has 0 bridgehead atoms. The zero-order valence-electron chi connectivity index (χ0n) is 12.4. The van der Waals surface area contributed by atoms with Crippen LogP contribution >= 0.6 is 11.6 Å². The first kappa shape index (κ1) is 16.0. The lowest BCUT2D eigenvalue weighted by Gasteiger charge is -2.41. The zero-order valence-corrected chi connectivity index (χ0v) is 14.0. The van der Waals surface area contributed by atoms with Crippen molar-refractivity contribution < 1.29 is 8.42 Å². The second kappa shape index (κ2) is 6.71. The Balaban J connectivity index is 1.53. The van der Waals surface area contributed by atoms with Gasteiger partial charge in [0.25, 0.3) is 0 Å². The minimum atomic E-state index is -3.41. The minimum absolute atomic E-state index is 0.0616. The third kappa shape index (κ3) is 3.90. The molecule has 0 amide bonds. The molecule has 3 rings (SSSR count). The highest BCUT2D eigenvalue weighted by Gasteiger charge is 2.36. The van der Waals surface area contributed by atoms with Crippen LogP contribution in [-0.4, -0.2) is 38.5 Å². The molecule has 0 radical (unpaired) electrons. The molecule has 1 saturated heterocycles. The fourth-order valence-corrected chi connectivity index (χ4v) is 4.39. The average molecular weight is 341 g/mol. The third-order valence-corrected chi connectivity index (χ3v) is 5.93. The maximum atomic E-state index is 12.1. The molecule has 1 saturated carbocycles. The van der Waals surface area contributed by atoms with Crippen LogP contribution in [0.1, 0.15) is 31.2 Å². The second-order valence-corrected chi connectivity index (χ2v) is 8.06. The number of nitrogens with one attached hydrogen (secondary N) is 1. The van der Waals surface area contributed by atoms with E-state index in [4.69, 9.17) is 11.6 Å². The van der Waals surface area contributed by atoms with Gasteiger partial charge in [0.15, 0.2) is 0 Å². The van der Waals surface area contributed by atoms with Gasteiger partial charge < -0.3 is 4.90 Å². The lowest BCUT2D eigenvalue weighted by Crippen LogP contribution is -2.52. The van der Waals surface area contributed by atoms with Crippen LogP contribution in [0, 0.1) is 0 Å². The van der Waals surface area contributed by atoms with E-state index in [0.29, 0.717) is 16.6 Å². The molecule has 1 heterocycles. The van der Waals surface area contributed by atoms with Crippen molar-refractivity contribution in [2.24, 2.45) is 0 Å². The number of likely N-dealkylation sites (tertiary alicyclic amines) is 1. The van der Waals surface area contributed by atoms with Gasteiger partial charge in [-0.25, -0.2) is 13.1 Å². The molecule has 120 valence electrons. The average Bonchev–Trinajstić information content (AvgIpc) is 2.95. The molecule has 1 aromatic rings. The Kier molecular flexibility index (Phi) is 4.88. The largest absolute Gasteiger partial charge is 0.300 e. The first-order valence-corrected chi connectivity index (χ1v) is 9.65. The maximum Gasteiger partial charge on any atom is 0.233 e. The number of sulfonamides is 1. The summed E-state index contributed by atoms with van der Waals surface area (Å²) in [5.41, 5.74) is 0.707. The molecular formula is C16H21ClN2O2S. The lowest BCUT2D eigenvalue weighted by atomic mass is 9.86. The summed E-state index contributed by atoms with van der Waals surface area (Å²) in [4.78, 5) is 2.48. The van der Waals surface area contributed by atoms with Gasteiger partial charge in [0.1, 0.15) is 0 Å². The van der Waals surface area contributed by atoms with Crippen molar-refractivity contribution in [3.05, 3.63) is 40.3 Å². The molecule has 1 aliphatic carbocycles. The number of hydrogen-bond donors (Lipinski definition) is 1. The topological polar surface area (TPSA) is 49.4 Å². The zero-order chi connectivity index (χ0) is 15.6. The van der Waals surface area contributed by atoms with Crippen molar-refractivity contribution in [3.8, 4) is 0 Å². The summed E-state index contributed by atoms with van der Waals surface area (Å²) >= 11 is 6.02. The molecule has 2 aliphatic rings. The van der Waals surface area contributed by atoms with Crippen molar-refractivity contribution in [2.75, 3.05) is 13.1 Å². The van der Waals surface area contributed by atoms with Gasteiger partial charge in [-0.3, -0.25) is 0 Å². The maximum absolute atomic E-state index is 12.1. The summed E-state index contributed by atoms with van der Waals surface area (Å²) in [6.07, 6.45) is 5.92. The quantitative estimate of drug-likeness (QED) is 0.896. The molecule has 22 heavy (non-hydrogen) atoms. The summed E-state index contributed by atoms with van der Waals surface area (Å²) < 4.78 is 26.9. The van der Waals surface area contributed by atoms with Crippen LogP contribution in [0.15, 0.2) is 29.7 Å². The van der Waals surface area contributed by atoms with Crippen LogP contribution < -0.4 is 4.72 Å². The highest BCUT2D eigenvalue weighted by Crippen LogP contribution is 2.29. The summed E-state index contributed by atoms with van der Waals surface area (Å²) in [6, 6.07) is 7.81. The van der Waals surface area contributed by atoms with Crippen LogP contribution in [0.4, 0.5) is 0 Å². The van der Waals surface area contributed by atoms with Crippen molar-refractivity contribution >= 4 is 27.7 Å². The molecule has 2 fully saturated rings. The van der Waals surface area contributed by atoms with Gasteiger partial charge in [-0.2, -0.15) is 0 Å². The molecule has 6 heteroatoms. The lowest BCUT2D eigenvalue weighted by molar-refractivity contribution is 0.131. The Bertz CT molecular complexity index is 648. The van der Waals surface area contributed by atoms with Crippen molar-refractivity contribution in [1.82, 2.24) is 9.62 Å². The molecule has 1 aromatic carbocycles. The van der Waals surface area contributed by atoms with Crippen LogP contribution in [0.5, 0.6) is 0 Å². The van der Waals surface area contributed by atoms with E-state index in [9.17, 15) is 8.42 Å². The normalized spacial score (nSPS) is 26.4. The minimum Gasteiger partial charge on any atom is -0.300 e. The van der Waals surface area contributed by atoms with E-state index < -0.39 is 10.0 Å². The predicted octanol–water partition coefficient (Wildman–Crippen LogP) is 2.86. The van der Waals surface area contributed by atoms with Crippen LogP contribution in [0.3, 0.4) is 0 Å². The summed E-state index contributed by atoms with van der Waals surface area (Å²) in [5, 5.41) is 1.75. The number of nitrogens with zero attached hydrogens (tertiary/aromatic N) is 1. The number of rotatable bonds is 5. The number of halogens is 1. The predicted molar refractivity (Wildman–Crippen MR) is 90.2 cm³/mol. The summed E-state index contributed by atoms with van der Waals surface area (Å²) in [5.74, 6) is 0. The third-order valence-electron chi connectivity index (χ3n) is 4.43. The number of hydrogen-bond acceptors (Lipinski definition) is 3. The molecule has 1 N–H and O–H groups in total. The van der Waals surface area contributed by atoms with E-state index in [1.807, 2.05) is 12.1 Å². The molecule has 4 nitrogen and oxygen atoms in total. The highest BCUT2D eigenvalue weighted by atomic mass is 35.5. The van der Waals surface area contributed by atoms with E-state index in [0.717, 1.165) is 25.9 Å². The smallest absolute Gasteiger partial charge is 0.233 e. The van der Waals surface area contributed by atoms with Crippen molar-refractivity contribution in [1.29, 1.82) is 0 Å². The van der Waals surface area contributed by atoms with Crippen molar-refractivity contribution in [3.63, 3.8) is 0 Å². The Morgan fingerprint density at radius 3 is 2.55 bits per heavy atom. The van der Waals surface area contributed by atoms with Crippen LogP contribution in [0.2, 0.25) is 5.02 Å². The standard InChI is InChI=1S/C16H21ClN2O2S/c17-16-6-2-1-5-13(16)7-10-22(20,21)18-14-11-15(12-14)19-8-3-4-9-19/h1-2,5-7,10,14-15,18H,3-4,8-9,11-12H2/b10-7+. The van der Waals surface area contributed by atoms with Gasteiger partial charge in [-0.05, 0) is 56.5 Å². The van der Waals surface area contributed by atoms with E-state index in [-0.39, 0.29) is 6.04 Å². The van der Waals surface area contributed by atoms with Gasteiger partial charge in [-0.15, -0.1) is 0 Å². The highest BCUT2D eigenvalue weighted by molar-refractivity contribution is 7.92. The molecule has 1 aliphatic heterocycles. The van der Waals surface area contributed by atoms with E-state index in [1.165, 1.54) is 18.2 Å². The molecule has 0 aromatic heterocycles. The SMILES string of the molecule is O=S(=O)(/C=C/c1ccccc1Cl)NC1CC(N2CCCC2)C1. The van der Waals surface area contributed by atoms with Crippen LogP contribution in [0.25, 0.3) is 6.08 Å². The first-order chi connectivity index (χ1) is 10.5. The van der Waals surface area contributed by atoms with Crippen molar-refractivity contribution in [2.45, 2.75) is 37.8 Å². The first-order valence-electron chi connectivity index (χ1n) is 7.72. The Hall–Kier alpha value is -0.880. The molecule has 0 unspecified atom stereocenters. The van der Waals surface area contributed by atoms with Gasteiger partial charge in [-0.1, -0.05) is 29.8 Å². The van der Waals surface area contributed by atoms with E-state index >= 15 is 0 Å². The Morgan fingerprint density at radius 2 is 1.86 bits per heavy atom. The van der Waals surface area contributed by atoms with Crippen LogP contribution in [-0.2, 0) is 10.0 Å². The van der Waals surface area contributed by atoms with Gasteiger partial charge in [0, 0.05) is 22.5 Å². The van der Waals surface area contributed by atoms with E-state index in [1.54, 1.807) is 18.2 Å². The summed E-state index contributed by atoms with van der Waals surface area (Å²) in [6.45, 7) is 2.33. The second-order valence-electron chi connectivity index (χ2n) is 6.05. The Morgan fingerprint density at radius 1 is 1.18 bits per heavy atom. The van der Waals surface area contributed by atoms with Gasteiger partial charge in [0.2, 0.25) is 10.0 Å². The monoisotopic (exact) mass is 340 g/mol. The molecular weight excluding hydrogens is 320 g/mol. The summed E-state index contributed by atoms with van der Waals surface area (Å²) in [7, 11) is -3.41. The molecule has 0 atom stereocenters. The fourth-order valence-electron chi connectivity index (χ4n) is 3.13. The number of benzene rings is 1. The Labute approximate surface area is 137 Å². The fraction of sp³-hybridized carbons (Fsp3) is 0.500.